The first-order valence-electron chi connectivity index (χ1n) is 11.6. The van der Waals surface area contributed by atoms with Crippen molar-refractivity contribution in [2.75, 3.05) is 26.9 Å². The Morgan fingerprint density at radius 2 is 1.18 bits per heavy atom. The first kappa shape index (κ1) is 21.6. The largest absolute Gasteiger partial charge is 0.459 e. The van der Waals surface area contributed by atoms with E-state index >= 15 is 0 Å². The highest BCUT2D eigenvalue weighted by Crippen LogP contribution is 2.44. The van der Waals surface area contributed by atoms with Crippen molar-refractivity contribution in [1.29, 1.82) is 0 Å². The van der Waals surface area contributed by atoms with Crippen molar-refractivity contribution in [2.45, 2.75) is 73.8 Å². The Balaban J connectivity index is 0.843. The summed E-state index contributed by atoms with van der Waals surface area (Å²) in [5.41, 5.74) is 0.498. The van der Waals surface area contributed by atoms with Gasteiger partial charge < -0.3 is 47.4 Å². The van der Waals surface area contributed by atoms with E-state index < -0.39 is 18.5 Å². The van der Waals surface area contributed by atoms with Crippen LogP contribution in [0.15, 0.2) is 30.3 Å². The third-order valence-electron chi connectivity index (χ3n) is 6.99. The Morgan fingerprint density at radius 3 is 1.71 bits per heavy atom. The summed E-state index contributed by atoms with van der Waals surface area (Å²) in [5, 5.41) is 0. The molecule has 0 unspecified atom stereocenters. The van der Waals surface area contributed by atoms with E-state index in [9.17, 15) is 4.79 Å². The van der Waals surface area contributed by atoms with Crippen molar-refractivity contribution in [3.8, 4) is 0 Å². The number of hydrogen-bond acceptors (Lipinski definition) is 11. The predicted molar refractivity (Wildman–Crippen MR) is 108 cm³/mol. The summed E-state index contributed by atoms with van der Waals surface area (Å²) in [6.07, 6.45) is -2.57. The molecule has 0 spiro atoms. The highest BCUT2D eigenvalue weighted by Gasteiger charge is 2.63. The molecule has 11 heteroatoms. The highest BCUT2D eigenvalue weighted by molar-refractivity contribution is 5.89. The molecule has 6 fully saturated rings. The van der Waals surface area contributed by atoms with Crippen LogP contribution in [0.25, 0.3) is 0 Å². The number of carbonyl (C=O) groups excluding carboxylic acids is 1. The van der Waals surface area contributed by atoms with E-state index in [2.05, 4.69) is 0 Å². The smallest absolute Gasteiger partial charge is 0.338 e. The van der Waals surface area contributed by atoms with Crippen LogP contribution in [0.1, 0.15) is 10.4 Å². The molecule has 7 rings (SSSR count). The molecule has 0 aromatic heterocycles. The molecule has 0 radical (unpaired) electrons. The average Bonchev–Trinajstić information content (AvgIpc) is 3.81. The highest BCUT2D eigenvalue weighted by atomic mass is 16.8. The van der Waals surface area contributed by atoms with E-state index in [4.69, 9.17) is 47.4 Å². The molecule has 12 atom stereocenters. The summed E-state index contributed by atoms with van der Waals surface area (Å²) in [7, 11) is 1.60. The molecular formula is C23H26O11. The lowest BCUT2D eigenvalue weighted by molar-refractivity contribution is -0.231. The summed E-state index contributed by atoms with van der Waals surface area (Å²) in [4.78, 5) is 12.2. The normalized spacial score (nSPS) is 47.1. The minimum Gasteiger partial charge on any atom is -0.459 e. The second-order valence-electron chi connectivity index (χ2n) is 9.19. The third kappa shape index (κ3) is 3.94. The molecule has 6 heterocycles. The number of benzene rings is 1. The zero-order valence-corrected chi connectivity index (χ0v) is 18.4. The van der Waals surface area contributed by atoms with Gasteiger partial charge >= 0.3 is 5.97 Å². The summed E-state index contributed by atoms with van der Waals surface area (Å²) >= 11 is 0. The number of ether oxygens (including phenoxy) is 10. The van der Waals surface area contributed by atoms with E-state index in [1.807, 2.05) is 6.07 Å². The van der Waals surface area contributed by atoms with E-state index in [1.54, 1.807) is 31.4 Å². The lowest BCUT2D eigenvalue weighted by atomic mass is 10.2. The Hall–Kier alpha value is -1.67. The van der Waals surface area contributed by atoms with Crippen molar-refractivity contribution < 1.29 is 52.2 Å². The Labute approximate surface area is 195 Å². The maximum absolute atomic E-state index is 12.2. The number of carbonyl (C=O) groups is 1. The molecule has 0 aliphatic carbocycles. The molecule has 34 heavy (non-hydrogen) atoms. The van der Waals surface area contributed by atoms with Crippen molar-refractivity contribution in [1.82, 2.24) is 0 Å². The van der Waals surface area contributed by atoms with Crippen LogP contribution in [0.2, 0.25) is 0 Å². The van der Waals surface area contributed by atoms with Gasteiger partial charge in [0.2, 0.25) is 0 Å². The fourth-order valence-corrected chi connectivity index (χ4v) is 5.00. The van der Waals surface area contributed by atoms with Crippen molar-refractivity contribution in [3.63, 3.8) is 0 Å². The second kappa shape index (κ2) is 8.47. The molecule has 1 aromatic carbocycles. The number of fused-ring (bicyclic) bond motifs is 3. The third-order valence-corrected chi connectivity index (χ3v) is 6.99. The zero-order chi connectivity index (χ0) is 22.8. The minimum absolute atomic E-state index is 0.000246. The maximum atomic E-state index is 12.2. The Bertz CT molecular complexity index is 913. The van der Waals surface area contributed by atoms with Gasteiger partial charge in [-0.2, -0.15) is 0 Å². The number of epoxide rings is 3. The molecule has 184 valence electrons. The fraction of sp³-hybridized carbons (Fsp3) is 0.696. The molecule has 0 bridgehead atoms. The molecule has 0 N–H and O–H groups in total. The topological polar surface area (TPSA) is 119 Å². The van der Waals surface area contributed by atoms with Gasteiger partial charge in [0, 0.05) is 7.11 Å². The van der Waals surface area contributed by atoms with Crippen LogP contribution in [0, 0.1) is 0 Å². The van der Waals surface area contributed by atoms with Crippen LogP contribution in [0.4, 0.5) is 0 Å². The van der Waals surface area contributed by atoms with Crippen LogP contribution in [-0.2, 0) is 47.4 Å². The van der Waals surface area contributed by atoms with Gasteiger partial charge in [-0.15, -0.1) is 0 Å². The van der Waals surface area contributed by atoms with Crippen molar-refractivity contribution in [3.05, 3.63) is 35.9 Å². The summed E-state index contributed by atoms with van der Waals surface area (Å²) in [5.74, 6) is -0.391. The summed E-state index contributed by atoms with van der Waals surface area (Å²) in [6, 6.07) is 8.84. The van der Waals surface area contributed by atoms with Crippen LogP contribution >= 0.6 is 0 Å². The van der Waals surface area contributed by atoms with Crippen LogP contribution in [0.5, 0.6) is 0 Å². The van der Waals surface area contributed by atoms with Gasteiger partial charge in [0.15, 0.2) is 18.9 Å². The maximum Gasteiger partial charge on any atom is 0.338 e. The summed E-state index contributed by atoms with van der Waals surface area (Å²) in [6.45, 7) is 0.740. The van der Waals surface area contributed by atoms with Gasteiger partial charge in [-0.3, -0.25) is 0 Å². The van der Waals surface area contributed by atoms with Gasteiger partial charge in [0.05, 0.1) is 18.8 Å². The number of hydrogen-bond donors (Lipinski definition) is 0. The molecule has 0 saturated carbocycles. The van der Waals surface area contributed by atoms with Crippen LogP contribution in [0.3, 0.4) is 0 Å². The van der Waals surface area contributed by atoms with E-state index in [-0.39, 0.29) is 74.4 Å². The van der Waals surface area contributed by atoms with Crippen molar-refractivity contribution >= 4 is 5.97 Å². The first-order valence-corrected chi connectivity index (χ1v) is 11.6. The molecule has 6 saturated heterocycles. The van der Waals surface area contributed by atoms with Gasteiger partial charge in [-0.25, -0.2) is 4.79 Å². The van der Waals surface area contributed by atoms with E-state index in [0.717, 1.165) is 0 Å². The standard InChI is InChI=1S/C23H26O11/c1-25-21-17-14(32-17)12(29-21)8-27-23-19-16(34-19)13(31-23)9-28-22-18-15(33-18)11(30-22)7-26-20(24)10-5-3-2-4-6-10/h2-6,11-19,21-23H,7-9H2,1H3/t11-,12-,13-,14+,15+,16+,17+,18+,19+,21+,22+,23+/m1/s1. The molecule has 11 nitrogen and oxygen atoms in total. The minimum atomic E-state index is -0.534. The SMILES string of the molecule is CO[C@H]1O[C@H](CO[C@H]2O[C@H](CO[C@H]3O[C@H](COC(=O)c4ccccc4)[C@@H]4O[C@H]34)[C@@H]3O[C@H]23)[C@@H]2O[C@H]12. The average molecular weight is 478 g/mol. The monoisotopic (exact) mass is 478 g/mol. The predicted octanol–water partition coefficient (Wildman–Crippen LogP) is -0.0001000. The second-order valence-corrected chi connectivity index (χ2v) is 9.19. The van der Waals surface area contributed by atoms with Gasteiger partial charge in [-0.05, 0) is 12.1 Å². The lowest BCUT2D eigenvalue weighted by Gasteiger charge is -2.22. The van der Waals surface area contributed by atoms with Gasteiger partial charge in [-0.1, -0.05) is 18.2 Å². The summed E-state index contributed by atoms with van der Waals surface area (Å²) < 4.78 is 57.0. The first-order chi connectivity index (χ1) is 16.7. The van der Waals surface area contributed by atoms with Gasteiger partial charge in [0.1, 0.15) is 61.5 Å². The number of methoxy groups -OCH3 is 1. The lowest BCUT2D eigenvalue weighted by Crippen LogP contribution is -2.33. The molecular weight excluding hydrogens is 452 g/mol. The Kier molecular flexibility index (Phi) is 5.38. The van der Waals surface area contributed by atoms with Gasteiger partial charge in [0.25, 0.3) is 0 Å². The van der Waals surface area contributed by atoms with Crippen LogP contribution < -0.4 is 0 Å². The quantitative estimate of drug-likeness (QED) is 0.334. The van der Waals surface area contributed by atoms with E-state index in [0.29, 0.717) is 12.2 Å². The number of esters is 1. The van der Waals surface area contributed by atoms with Crippen molar-refractivity contribution in [2.24, 2.45) is 0 Å². The molecule has 6 aliphatic heterocycles. The fourth-order valence-electron chi connectivity index (χ4n) is 5.00. The molecule has 1 aromatic rings. The number of rotatable bonds is 10. The molecule has 6 aliphatic rings. The van der Waals surface area contributed by atoms with Crippen LogP contribution in [-0.4, -0.2) is 107 Å². The Morgan fingerprint density at radius 1 is 0.676 bits per heavy atom. The molecule has 0 amide bonds. The zero-order valence-electron chi connectivity index (χ0n) is 18.4. The van der Waals surface area contributed by atoms with E-state index in [1.165, 1.54) is 0 Å².